The zero-order valence-electron chi connectivity index (χ0n) is 12.7. The predicted octanol–water partition coefficient (Wildman–Crippen LogP) is 4.17. The van der Waals surface area contributed by atoms with Crippen LogP contribution in [0.5, 0.6) is 0 Å². The van der Waals surface area contributed by atoms with Crippen LogP contribution in [0.2, 0.25) is 5.02 Å². The highest BCUT2D eigenvalue weighted by atomic mass is 35.5. The monoisotopic (exact) mass is 316 g/mol. The fourth-order valence-corrected chi connectivity index (χ4v) is 2.38. The fraction of sp³-hybridized carbons (Fsp3) is 0.176. The molecule has 2 aromatic rings. The molecule has 2 N–H and O–H groups in total. The van der Waals surface area contributed by atoms with E-state index in [1.165, 1.54) is 6.92 Å². The Morgan fingerprint density at radius 2 is 1.73 bits per heavy atom. The number of rotatable bonds is 3. The number of amides is 2. The molecule has 0 aliphatic carbocycles. The minimum Gasteiger partial charge on any atom is -0.325 e. The molecule has 0 fully saturated rings. The van der Waals surface area contributed by atoms with Crippen molar-refractivity contribution in [1.82, 2.24) is 0 Å². The van der Waals surface area contributed by atoms with Crippen molar-refractivity contribution in [3.8, 4) is 0 Å². The standard InChI is InChI=1S/C17H17ClN2O2/c1-10-5-4-6-14(16(10)19-12(3)21)17(22)20-15-8-7-13(18)9-11(15)2/h4-9H,1-3H3,(H,19,21)(H,20,22). The zero-order valence-corrected chi connectivity index (χ0v) is 13.4. The van der Waals surface area contributed by atoms with Crippen LogP contribution in [0.3, 0.4) is 0 Å². The van der Waals surface area contributed by atoms with Gasteiger partial charge >= 0.3 is 0 Å². The van der Waals surface area contributed by atoms with Gasteiger partial charge in [0.05, 0.1) is 11.3 Å². The number of carbonyl (C=O) groups excluding carboxylic acids is 2. The van der Waals surface area contributed by atoms with Crippen molar-refractivity contribution in [2.75, 3.05) is 10.6 Å². The van der Waals surface area contributed by atoms with Crippen LogP contribution in [0, 0.1) is 13.8 Å². The lowest BCUT2D eigenvalue weighted by Crippen LogP contribution is -2.17. The Hall–Kier alpha value is -2.33. The molecule has 0 bridgehead atoms. The van der Waals surface area contributed by atoms with Gasteiger partial charge in [-0.1, -0.05) is 23.7 Å². The minimum atomic E-state index is -0.280. The summed E-state index contributed by atoms with van der Waals surface area (Å²) in [5.74, 6) is -0.496. The quantitative estimate of drug-likeness (QED) is 0.893. The molecule has 114 valence electrons. The highest BCUT2D eigenvalue weighted by Crippen LogP contribution is 2.24. The molecule has 0 unspecified atom stereocenters. The van der Waals surface area contributed by atoms with E-state index < -0.39 is 0 Å². The normalized spacial score (nSPS) is 10.2. The molecule has 0 saturated carbocycles. The van der Waals surface area contributed by atoms with Crippen LogP contribution >= 0.6 is 11.6 Å². The maximum Gasteiger partial charge on any atom is 0.257 e. The van der Waals surface area contributed by atoms with Crippen LogP contribution in [0.1, 0.15) is 28.4 Å². The third kappa shape index (κ3) is 3.65. The predicted molar refractivity (Wildman–Crippen MR) is 89.6 cm³/mol. The summed E-state index contributed by atoms with van der Waals surface area (Å²) in [6, 6.07) is 10.6. The van der Waals surface area contributed by atoms with Crippen LogP contribution in [0.15, 0.2) is 36.4 Å². The van der Waals surface area contributed by atoms with Gasteiger partial charge in [0.2, 0.25) is 5.91 Å². The van der Waals surface area contributed by atoms with Crippen LogP contribution in [-0.2, 0) is 4.79 Å². The number of para-hydroxylation sites is 1. The number of hydrogen-bond donors (Lipinski definition) is 2. The first-order chi connectivity index (χ1) is 10.4. The topological polar surface area (TPSA) is 58.2 Å². The Kier molecular flexibility index (Phi) is 4.83. The van der Waals surface area contributed by atoms with Crippen molar-refractivity contribution in [2.45, 2.75) is 20.8 Å². The molecule has 0 saturated heterocycles. The van der Waals surface area contributed by atoms with Crippen molar-refractivity contribution in [3.63, 3.8) is 0 Å². The third-order valence-electron chi connectivity index (χ3n) is 3.26. The number of carbonyl (C=O) groups is 2. The zero-order chi connectivity index (χ0) is 16.3. The van der Waals surface area contributed by atoms with Gasteiger partial charge in [-0.05, 0) is 49.2 Å². The first-order valence-electron chi connectivity index (χ1n) is 6.83. The molecule has 0 spiro atoms. The van der Waals surface area contributed by atoms with E-state index in [0.29, 0.717) is 22.0 Å². The summed E-state index contributed by atoms with van der Waals surface area (Å²) in [7, 11) is 0. The van der Waals surface area contributed by atoms with Crippen molar-refractivity contribution in [1.29, 1.82) is 0 Å². The van der Waals surface area contributed by atoms with Crippen LogP contribution in [-0.4, -0.2) is 11.8 Å². The number of hydrogen-bond acceptors (Lipinski definition) is 2. The average molecular weight is 317 g/mol. The molecule has 0 aliphatic rings. The third-order valence-corrected chi connectivity index (χ3v) is 3.49. The van der Waals surface area contributed by atoms with E-state index in [1.807, 2.05) is 19.9 Å². The Morgan fingerprint density at radius 1 is 1.00 bits per heavy atom. The van der Waals surface area contributed by atoms with Crippen molar-refractivity contribution in [2.24, 2.45) is 0 Å². The maximum atomic E-state index is 12.5. The second kappa shape index (κ2) is 6.62. The SMILES string of the molecule is CC(=O)Nc1c(C)cccc1C(=O)Nc1ccc(Cl)cc1C. The molecule has 2 amide bonds. The lowest BCUT2D eigenvalue weighted by Gasteiger charge is -2.14. The molecule has 0 atom stereocenters. The number of halogens is 1. The molecule has 5 heteroatoms. The Morgan fingerprint density at radius 3 is 2.36 bits per heavy atom. The molecule has 0 aromatic heterocycles. The molecule has 0 heterocycles. The number of aryl methyl sites for hydroxylation is 2. The first-order valence-corrected chi connectivity index (χ1v) is 7.21. The molecule has 2 rings (SSSR count). The summed E-state index contributed by atoms with van der Waals surface area (Å²) in [5.41, 5.74) is 3.33. The summed E-state index contributed by atoms with van der Waals surface area (Å²) in [5, 5.41) is 6.17. The van der Waals surface area contributed by atoms with Crippen molar-refractivity contribution >= 4 is 34.8 Å². The van der Waals surface area contributed by atoms with Gasteiger partial charge in [0, 0.05) is 17.6 Å². The number of benzene rings is 2. The smallest absolute Gasteiger partial charge is 0.257 e. The van der Waals surface area contributed by atoms with Gasteiger partial charge in [-0.25, -0.2) is 0 Å². The van der Waals surface area contributed by atoms with E-state index in [9.17, 15) is 9.59 Å². The minimum absolute atomic E-state index is 0.217. The highest BCUT2D eigenvalue weighted by molar-refractivity contribution is 6.30. The Balaban J connectivity index is 2.33. The molecule has 22 heavy (non-hydrogen) atoms. The van der Waals surface area contributed by atoms with E-state index in [4.69, 9.17) is 11.6 Å². The Bertz CT molecular complexity index is 741. The number of nitrogens with one attached hydrogen (secondary N) is 2. The van der Waals surface area contributed by atoms with Gasteiger partial charge in [0.25, 0.3) is 5.91 Å². The second-order valence-corrected chi connectivity index (χ2v) is 5.53. The van der Waals surface area contributed by atoms with E-state index in [2.05, 4.69) is 10.6 Å². The van der Waals surface area contributed by atoms with Crippen LogP contribution < -0.4 is 10.6 Å². The molecule has 4 nitrogen and oxygen atoms in total. The molecule has 2 aromatic carbocycles. The van der Waals surface area contributed by atoms with Gasteiger partial charge < -0.3 is 10.6 Å². The molecule has 0 aliphatic heterocycles. The maximum absolute atomic E-state index is 12.5. The largest absolute Gasteiger partial charge is 0.325 e. The summed E-state index contributed by atoms with van der Waals surface area (Å²) >= 11 is 5.91. The first kappa shape index (κ1) is 16.0. The summed E-state index contributed by atoms with van der Waals surface area (Å²) < 4.78 is 0. The highest BCUT2D eigenvalue weighted by Gasteiger charge is 2.15. The summed E-state index contributed by atoms with van der Waals surface area (Å²) in [6.45, 7) is 5.12. The van der Waals surface area contributed by atoms with Gasteiger partial charge in [-0.3, -0.25) is 9.59 Å². The van der Waals surface area contributed by atoms with E-state index in [-0.39, 0.29) is 11.8 Å². The van der Waals surface area contributed by atoms with E-state index in [1.54, 1.807) is 30.3 Å². The van der Waals surface area contributed by atoms with Crippen molar-refractivity contribution < 1.29 is 9.59 Å². The van der Waals surface area contributed by atoms with Gasteiger partial charge in [0.15, 0.2) is 0 Å². The van der Waals surface area contributed by atoms with Crippen LogP contribution in [0.4, 0.5) is 11.4 Å². The van der Waals surface area contributed by atoms with Gasteiger partial charge in [-0.2, -0.15) is 0 Å². The van der Waals surface area contributed by atoms with Gasteiger partial charge in [0.1, 0.15) is 0 Å². The summed E-state index contributed by atoms with van der Waals surface area (Å²) in [4.78, 5) is 23.8. The summed E-state index contributed by atoms with van der Waals surface area (Å²) in [6.07, 6.45) is 0. The fourth-order valence-electron chi connectivity index (χ4n) is 2.16. The molecular weight excluding hydrogens is 300 g/mol. The van der Waals surface area contributed by atoms with Crippen molar-refractivity contribution in [3.05, 3.63) is 58.1 Å². The molecular formula is C17H17ClN2O2. The average Bonchev–Trinajstić information content (AvgIpc) is 2.43. The second-order valence-electron chi connectivity index (χ2n) is 5.09. The lowest BCUT2D eigenvalue weighted by atomic mass is 10.1. The van der Waals surface area contributed by atoms with Gasteiger partial charge in [-0.15, -0.1) is 0 Å². The Labute approximate surface area is 134 Å². The van der Waals surface area contributed by atoms with E-state index >= 15 is 0 Å². The molecule has 0 radical (unpaired) electrons. The van der Waals surface area contributed by atoms with Crippen LogP contribution in [0.25, 0.3) is 0 Å². The van der Waals surface area contributed by atoms with E-state index in [0.717, 1.165) is 11.1 Å². The lowest BCUT2D eigenvalue weighted by molar-refractivity contribution is -0.114. The number of anilines is 2.